The maximum absolute atomic E-state index is 12.0. The van der Waals surface area contributed by atoms with E-state index in [0.717, 1.165) is 24.4 Å². The molecule has 1 aromatic rings. The SMILES string of the molecule is CCC(CC1CC1)NC(=O)Nc1ccc(C(C)NC)cc1. The molecule has 0 aliphatic heterocycles. The summed E-state index contributed by atoms with van der Waals surface area (Å²) in [6.45, 7) is 4.24. The highest BCUT2D eigenvalue weighted by Gasteiger charge is 2.25. The molecule has 21 heavy (non-hydrogen) atoms. The van der Waals surface area contributed by atoms with Gasteiger partial charge in [-0.25, -0.2) is 4.79 Å². The van der Waals surface area contributed by atoms with Crippen LogP contribution in [0.3, 0.4) is 0 Å². The van der Waals surface area contributed by atoms with Gasteiger partial charge >= 0.3 is 6.03 Å². The van der Waals surface area contributed by atoms with Crippen LogP contribution in [0.25, 0.3) is 0 Å². The molecule has 1 aromatic carbocycles. The van der Waals surface area contributed by atoms with Crippen LogP contribution in [0.15, 0.2) is 24.3 Å². The van der Waals surface area contributed by atoms with E-state index in [4.69, 9.17) is 0 Å². The Morgan fingerprint density at radius 2 is 1.95 bits per heavy atom. The Labute approximate surface area is 127 Å². The first kappa shape index (κ1) is 15.8. The molecule has 1 aliphatic carbocycles. The summed E-state index contributed by atoms with van der Waals surface area (Å²) in [5.41, 5.74) is 2.05. The zero-order valence-electron chi connectivity index (χ0n) is 13.3. The Hall–Kier alpha value is -1.55. The number of benzene rings is 1. The fraction of sp³-hybridized carbons (Fsp3) is 0.588. The number of carbonyl (C=O) groups is 1. The van der Waals surface area contributed by atoms with E-state index in [-0.39, 0.29) is 6.03 Å². The number of nitrogens with one attached hydrogen (secondary N) is 3. The molecule has 0 spiro atoms. The quantitative estimate of drug-likeness (QED) is 0.717. The Morgan fingerprint density at radius 3 is 2.48 bits per heavy atom. The summed E-state index contributed by atoms with van der Waals surface area (Å²) < 4.78 is 0. The van der Waals surface area contributed by atoms with Crippen LogP contribution in [0.1, 0.15) is 51.1 Å². The van der Waals surface area contributed by atoms with Crippen LogP contribution in [0, 0.1) is 5.92 Å². The van der Waals surface area contributed by atoms with E-state index in [9.17, 15) is 4.79 Å². The van der Waals surface area contributed by atoms with E-state index >= 15 is 0 Å². The highest BCUT2D eigenvalue weighted by atomic mass is 16.2. The summed E-state index contributed by atoms with van der Waals surface area (Å²) in [6.07, 6.45) is 4.75. The summed E-state index contributed by atoms with van der Waals surface area (Å²) >= 11 is 0. The van der Waals surface area contributed by atoms with E-state index in [1.54, 1.807) is 0 Å². The van der Waals surface area contributed by atoms with Crippen molar-refractivity contribution in [2.45, 2.75) is 51.6 Å². The minimum Gasteiger partial charge on any atom is -0.335 e. The summed E-state index contributed by atoms with van der Waals surface area (Å²) in [4.78, 5) is 12.0. The molecule has 4 heteroatoms. The highest BCUT2D eigenvalue weighted by molar-refractivity contribution is 5.89. The number of rotatable bonds is 7. The molecule has 1 aliphatic rings. The van der Waals surface area contributed by atoms with Gasteiger partial charge in [-0.05, 0) is 50.4 Å². The summed E-state index contributed by atoms with van der Waals surface area (Å²) in [7, 11) is 1.94. The van der Waals surface area contributed by atoms with Crippen molar-refractivity contribution in [1.29, 1.82) is 0 Å². The maximum Gasteiger partial charge on any atom is 0.319 e. The molecule has 0 bridgehead atoms. The van der Waals surface area contributed by atoms with E-state index in [0.29, 0.717) is 12.1 Å². The standard InChI is InChI=1S/C17H27N3O/c1-4-15(11-13-5-6-13)19-17(21)20-16-9-7-14(8-10-16)12(2)18-3/h7-10,12-13,15,18H,4-6,11H2,1-3H3,(H2,19,20,21). The molecule has 0 heterocycles. The van der Waals surface area contributed by atoms with Crippen LogP contribution in [-0.2, 0) is 0 Å². The van der Waals surface area contributed by atoms with Gasteiger partial charge < -0.3 is 16.0 Å². The second kappa shape index (κ2) is 7.46. The fourth-order valence-electron chi connectivity index (χ4n) is 2.46. The first-order chi connectivity index (χ1) is 10.1. The molecule has 2 unspecified atom stereocenters. The van der Waals surface area contributed by atoms with Crippen molar-refractivity contribution < 1.29 is 4.79 Å². The molecule has 3 N–H and O–H groups in total. The van der Waals surface area contributed by atoms with Gasteiger partial charge in [0.15, 0.2) is 0 Å². The molecule has 116 valence electrons. The van der Waals surface area contributed by atoms with Crippen molar-refractivity contribution in [3.8, 4) is 0 Å². The summed E-state index contributed by atoms with van der Waals surface area (Å²) in [6, 6.07) is 8.49. The van der Waals surface area contributed by atoms with Crippen molar-refractivity contribution in [2.75, 3.05) is 12.4 Å². The largest absolute Gasteiger partial charge is 0.335 e. The molecule has 4 nitrogen and oxygen atoms in total. The van der Waals surface area contributed by atoms with E-state index in [1.807, 2.05) is 31.3 Å². The summed E-state index contributed by atoms with van der Waals surface area (Å²) in [5.74, 6) is 0.831. The van der Waals surface area contributed by atoms with Crippen molar-refractivity contribution in [1.82, 2.24) is 10.6 Å². The number of anilines is 1. The monoisotopic (exact) mass is 289 g/mol. The molecule has 2 rings (SSSR count). The van der Waals surface area contributed by atoms with Gasteiger partial charge in [-0.1, -0.05) is 31.9 Å². The van der Waals surface area contributed by atoms with Crippen molar-refractivity contribution in [2.24, 2.45) is 5.92 Å². The Morgan fingerprint density at radius 1 is 1.29 bits per heavy atom. The van der Waals surface area contributed by atoms with Gasteiger partial charge in [0, 0.05) is 17.8 Å². The first-order valence-corrected chi connectivity index (χ1v) is 7.97. The van der Waals surface area contributed by atoms with Crippen LogP contribution in [0.5, 0.6) is 0 Å². The third-order valence-corrected chi connectivity index (χ3v) is 4.24. The Balaban J connectivity index is 1.83. The second-order valence-corrected chi connectivity index (χ2v) is 6.02. The lowest BCUT2D eigenvalue weighted by atomic mass is 10.1. The molecule has 0 radical (unpaired) electrons. The van der Waals surface area contributed by atoms with E-state index < -0.39 is 0 Å². The number of hydrogen-bond donors (Lipinski definition) is 3. The average Bonchev–Trinajstić information content (AvgIpc) is 3.30. The smallest absolute Gasteiger partial charge is 0.319 e. The van der Waals surface area contributed by atoms with Crippen molar-refractivity contribution in [3.63, 3.8) is 0 Å². The average molecular weight is 289 g/mol. The molecule has 1 saturated carbocycles. The lowest BCUT2D eigenvalue weighted by Gasteiger charge is -2.17. The van der Waals surface area contributed by atoms with E-state index in [2.05, 4.69) is 29.8 Å². The maximum atomic E-state index is 12.0. The Kier molecular flexibility index (Phi) is 5.62. The molecule has 0 aromatic heterocycles. The minimum atomic E-state index is -0.100. The normalized spacial score (nSPS) is 17.1. The predicted octanol–water partition coefficient (Wildman–Crippen LogP) is 3.67. The number of amides is 2. The molecule has 1 fully saturated rings. The van der Waals surface area contributed by atoms with Gasteiger partial charge in [0.2, 0.25) is 0 Å². The molecule has 0 saturated heterocycles. The molecular formula is C17H27N3O. The van der Waals surface area contributed by atoms with Crippen LogP contribution in [0.2, 0.25) is 0 Å². The molecule has 2 amide bonds. The first-order valence-electron chi connectivity index (χ1n) is 7.97. The van der Waals surface area contributed by atoms with Gasteiger partial charge in [0.1, 0.15) is 0 Å². The molecular weight excluding hydrogens is 262 g/mol. The van der Waals surface area contributed by atoms with Gasteiger partial charge in [0.25, 0.3) is 0 Å². The van der Waals surface area contributed by atoms with Crippen LogP contribution < -0.4 is 16.0 Å². The zero-order chi connectivity index (χ0) is 15.2. The number of urea groups is 1. The topological polar surface area (TPSA) is 53.2 Å². The number of hydrogen-bond acceptors (Lipinski definition) is 2. The van der Waals surface area contributed by atoms with Crippen molar-refractivity contribution in [3.05, 3.63) is 29.8 Å². The highest BCUT2D eigenvalue weighted by Crippen LogP contribution is 2.34. The van der Waals surface area contributed by atoms with E-state index in [1.165, 1.54) is 18.4 Å². The van der Waals surface area contributed by atoms with Crippen LogP contribution >= 0.6 is 0 Å². The fourth-order valence-corrected chi connectivity index (χ4v) is 2.46. The lowest BCUT2D eigenvalue weighted by Crippen LogP contribution is -2.37. The Bertz CT molecular complexity index is 454. The van der Waals surface area contributed by atoms with Gasteiger partial charge in [-0.15, -0.1) is 0 Å². The summed E-state index contributed by atoms with van der Waals surface area (Å²) in [5, 5.41) is 9.19. The van der Waals surface area contributed by atoms with Gasteiger partial charge in [-0.2, -0.15) is 0 Å². The zero-order valence-corrected chi connectivity index (χ0v) is 13.3. The van der Waals surface area contributed by atoms with Gasteiger partial charge in [0.05, 0.1) is 0 Å². The van der Waals surface area contributed by atoms with Gasteiger partial charge in [-0.3, -0.25) is 0 Å². The van der Waals surface area contributed by atoms with Crippen molar-refractivity contribution >= 4 is 11.7 Å². The third-order valence-electron chi connectivity index (χ3n) is 4.24. The second-order valence-electron chi connectivity index (χ2n) is 6.02. The number of carbonyl (C=O) groups excluding carboxylic acids is 1. The lowest BCUT2D eigenvalue weighted by molar-refractivity contribution is 0.246. The third kappa shape index (κ3) is 5.05. The minimum absolute atomic E-state index is 0.100. The van der Waals surface area contributed by atoms with Crippen LogP contribution in [-0.4, -0.2) is 19.1 Å². The van der Waals surface area contributed by atoms with Crippen LogP contribution in [0.4, 0.5) is 10.5 Å². The molecule has 2 atom stereocenters. The predicted molar refractivity (Wildman–Crippen MR) is 87.5 cm³/mol.